The van der Waals surface area contributed by atoms with Gasteiger partial charge in [0.05, 0.1) is 6.54 Å². The average molecular weight is 308 g/mol. The van der Waals surface area contributed by atoms with Gasteiger partial charge in [-0.1, -0.05) is 13.8 Å². The van der Waals surface area contributed by atoms with Gasteiger partial charge in [0.15, 0.2) is 5.96 Å². The number of aliphatic hydroxyl groups is 1. The second kappa shape index (κ2) is 10.3. The summed E-state index contributed by atoms with van der Waals surface area (Å²) in [5, 5.41) is 15.9. The molecule has 5 nitrogen and oxygen atoms in total. The van der Waals surface area contributed by atoms with Crippen molar-refractivity contribution in [3.8, 4) is 0 Å². The molecule has 1 aromatic heterocycles. The SMILES string of the molecule is CCNC(=NCc1ccn(C)c1)NCC(CCO)CC(C)C. The summed E-state index contributed by atoms with van der Waals surface area (Å²) in [5.41, 5.74) is 1.20. The minimum Gasteiger partial charge on any atom is -0.396 e. The molecule has 0 saturated heterocycles. The Kier molecular flexibility index (Phi) is 8.67. The first-order chi connectivity index (χ1) is 10.5. The van der Waals surface area contributed by atoms with Crippen molar-refractivity contribution in [2.45, 2.75) is 40.2 Å². The van der Waals surface area contributed by atoms with Crippen molar-refractivity contribution < 1.29 is 5.11 Å². The fourth-order valence-electron chi connectivity index (χ4n) is 2.56. The van der Waals surface area contributed by atoms with E-state index in [0.717, 1.165) is 31.9 Å². The highest BCUT2D eigenvalue weighted by Crippen LogP contribution is 2.14. The van der Waals surface area contributed by atoms with Gasteiger partial charge in [-0.2, -0.15) is 0 Å². The second-order valence-electron chi connectivity index (χ2n) is 6.27. The summed E-state index contributed by atoms with van der Waals surface area (Å²) >= 11 is 0. The maximum Gasteiger partial charge on any atom is 0.191 e. The zero-order valence-electron chi connectivity index (χ0n) is 14.5. The number of nitrogens with zero attached hydrogens (tertiary/aromatic N) is 2. The molecular weight excluding hydrogens is 276 g/mol. The van der Waals surface area contributed by atoms with Crippen LogP contribution in [0.2, 0.25) is 0 Å². The van der Waals surface area contributed by atoms with Gasteiger partial charge in [0.25, 0.3) is 0 Å². The van der Waals surface area contributed by atoms with Gasteiger partial charge in [0, 0.05) is 39.1 Å². The maximum absolute atomic E-state index is 9.20. The number of aryl methyl sites for hydroxylation is 1. The van der Waals surface area contributed by atoms with Gasteiger partial charge in [-0.15, -0.1) is 0 Å². The van der Waals surface area contributed by atoms with Crippen LogP contribution in [0.15, 0.2) is 23.5 Å². The highest BCUT2D eigenvalue weighted by molar-refractivity contribution is 5.79. The Morgan fingerprint density at radius 3 is 2.68 bits per heavy atom. The van der Waals surface area contributed by atoms with Crippen molar-refractivity contribution in [3.63, 3.8) is 0 Å². The van der Waals surface area contributed by atoms with Gasteiger partial charge in [-0.3, -0.25) is 0 Å². The Labute approximate surface area is 134 Å². The van der Waals surface area contributed by atoms with Crippen molar-refractivity contribution in [2.75, 3.05) is 19.7 Å². The van der Waals surface area contributed by atoms with Crippen LogP contribution in [0, 0.1) is 11.8 Å². The van der Waals surface area contributed by atoms with E-state index in [0.29, 0.717) is 18.4 Å². The number of hydrogen-bond donors (Lipinski definition) is 3. The van der Waals surface area contributed by atoms with Gasteiger partial charge in [-0.05, 0) is 43.2 Å². The number of hydrogen-bond acceptors (Lipinski definition) is 2. The molecule has 0 fully saturated rings. The predicted molar refractivity (Wildman–Crippen MR) is 92.9 cm³/mol. The molecule has 1 aromatic rings. The Morgan fingerprint density at radius 2 is 2.14 bits per heavy atom. The molecule has 0 bridgehead atoms. The third-order valence-electron chi connectivity index (χ3n) is 3.56. The predicted octanol–water partition coefficient (Wildman–Crippen LogP) is 2.12. The molecule has 1 rings (SSSR count). The molecule has 0 aromatic carbocycles. The van der Waals surface area contributed by atoms with Crippen molar-refractivity contribution >= 4 is 5.96 Å². The quantitative estimate of drug-likeness (QED) is 0.484. The van der Waals surface area contributed by atoms with Crippen LogP contribution in [0.1, 0.15) is 39.2 Å². The van der Waals surface area contributed by atoms with Crippen LogP contribution in [-0.2, 0) is 13.6 Å². The lowest BCUT2D eigenvalue weighted by molar-refractivity contribution is 0.243. The maximum atomic E-state index is 9.20. The van der Waals surface area contributed by atoms with Crippen molar-refractivity contribution in [1.82, 2.24) is 15.2 Å². The molecule has 0 spiro atoms. The molecule has 1 unspecified atom stereocenters. The summed E-state index contributed by atoms with van der Waals surface area (Å²) in [6.07, 6.45) is 6.07. The van der Waals surface area contributed by atoms with Crippen LogP contribution in [0.5, 0.6) is 0 Å². The minimum absolute atomic E-state index is 0.247. The van der Waals surface area contributed by atoms with Crippen LogP contribution >= 0.6 is 0 Å². The lowest BCUT2D eigenvalue weighted by Crippen LogP contribution is -2.40. The Bertz CT molecular complexity index is 440. The molecular formula is C17H32N4O. The van der Waals surface area contributed by atoms with Crippen LogP contribution in [0.4, 0.5) is 0 Å². The zero-order valence-corrected chi connectivity index (χ0v) is 14.5. The fraction of sp³-hybridized carbons (Fsp3) is 0.706. The topological polar surface area (TPSA) is 61.6 Å². The van der Waals surface area contributed by atoms with Gasteiger partial charge in [0.2, 0.25) is 0 Å². The van der Waals surface area contributed by atoms with Crippen LogP contribution in [0.3, 0.4) is 0 Å². The summed E-state index contributed by atoms with van der Waals surface area (Å²) in [4.78, 5) is 4.63. The van der Waals surface area contributed by atoms with E-state index in [9.17, 15) is 5.11 Å². The van der Waals surface area contributed by atoms with Crippen LogP contribution < -0.4 is 10.6 Å². The number of guanidine groups is 1. The highest BCUT2D eigenvalue weighted by atomic mass is 16.3. The third kappa shape index (κ3) is 7.50. The summed E-state index contributed by atoms with van der Waals surface area (Å²) in [6, 6.07) is 2.08. The average Bonchev–Trinajstić information content (AvgIpc) is 2.87. The fourth-order valence-corrected chi connectivity index (χ4v) is 2.56. The number of rotatable bonds is 9. The number of aliphatic imine (C=N–C) groups is 1. The van der Waals surface area contributed by atoms with E-state index >= 15 is 0 Å². The molecule has 0 saturated carbocycles. The van der Waals surface area contributed by atoms with Gasteiger partial charge < -0.3 is 20.3 Å². The summed E-state index contributed by atoms with van der Waals surface area (Å²) < 4.78 is 2.03. The highest BCUT2D eigenvalue weighted by Gasteiger charge is 2.11. The standard InChI is InChI=1S/C17H32N4O/c1-5-18-17(20-12-16-6-8-21(4)13-16)19-11-15(7-9-22)10-14(2)3/h6,8,13-15,22H,5,7,9-12H2,1-4H3,(H2,18,19,20). The second-order valence-corrected chi connectivity index (χ2v) is 6.27. The first-order valence-corrected chi connectivity index (χ1v) is 8.29. The normalized spacial score (nSPS) is 13.5. The van der Waals surface area contributed by atoms with Gasteiger partial charge >= 0.3 is 0 Å². The van der Waals surface area contributed by atoms with Gasteiger partial charge in [-0.25, -0.2) is 4.99 Å². The van der Waals surface area contributed by atoms with E-state index in [4.69, 9.17) is 0 Å². The Balaban J connectivity index is 2.54. The lowest BCUT2D eigenvalue weighted by atomic mass is 9.94. The summed E-state index contributed by atoms with van der Waals surface area (Å²) in [7, 11) is 2.02. The summed E-state index contributed by atoms with van der Waals surface area (Å²) in [5.74, 6) is 1.96. The number of aromatic nitrogens is 1. The van der Waals surface area contributed by atoms with Gasteiger partial charge in [0.1, 0.15) is 0 Å². The van der Waals surface area contributed by atoms with Crippen molar-refractivity contribution in [1.29, 1.82) is 0 Å². The lowest BCUT2D eigenvalue weighted by Gasteiger charge is -2.20. The molecule has 5 heteroatoms. The van der Waals surface area contributed by atoms with Crippen LogP contribution in [0.25, 0.3) is 0 Å². The van der Waals surface area contributed by atoms with E-state index < -0.39 is 0 Å². The molecule has 0 aliphatic carbocycles. The molecule has 0 aliphatic heterocycles. The first-order valence-electron chi connectivity index (χ1n) is 8.29. The minimum atomic E-state index is 0.247. The monoisotopic (exact) mass is 308 g/mol. The van der Waals surface area contributed by atoms with E-state index in [1.165, 1.54) is 5.56 Å². The Morgan fingerprint density at radius 1 is 1.36 bits per heavy atom. The molecule has 3 N–H and O–H groups in total. The van der Waals surface area contributed by atoms with E-state index in [1.54, 1.807) is 0 Å². The smallest absolute Gasteiger partial charge is 0.191 e. The third-order valence-corrected chi connectivity index (χ3v) is 3.56. The van der Waals surface area contributed by atoms with Crippen LogP contribution in [-0.4, -0.2) is 35.3 Å². The first kappa shape index (κ1) is 18.6. The van der Waals surface area contributed by atoms with E-state index in [2.05, 4.69) is 48.7 Å². The molecule has 0 radical (unpaired) electrons. The number of aliphatic hydroxyl groups excluding tert-OH is 1. The van der Waals surface area contributed by atoms with E-state index in [1.807, 2.05) is 17.8 Å². The van der Waals surface area contributed by atoms with Crippen molar-refractivity contribution in [3.05, 3.63) is 24.0 Å². The molecule has 1 heterocycles. The summed E-state index contributed by atoms with van der Waals surface area (Å²) in [6.45, 7) is 9.12. The Hall–Kier alpha value is -1.49. The molecule has 1 atom stereocenters. The molecule has 126 valence electrons. The number of nitrogens with one attached hydrogen (secondary N) is 2. The van der Waals surface area contributed by atoms with E-state index in [-0.39, 0.29) is 6.61 Å². The van der Waals surface area contributed by atoms with Crippen molar-refractivity contribution in [2.24, 2.45) is 23.9 Å². The molecule has 0 amide bonds. The molecule has 0 aliphatic rings. The largest absolute Gasteiger partial charge is 0.396 e. The zero-order chi connectivity index (χ0) is 16.4. The molecule has 22 heavy (non-hydrogen) atoms.